The Bertz CT molecular complexity index is 389. The third-order valence-electron chi connectivity index (χ3n) is 2.07. The van der Waals surface area contributed by atoms with E-state index in [-0.39, 0.29) is 5.78 Å². The highest BCUT2D eigenvalue weighted by molar-refractivity contribution is 6.10. The fourth-order valence-corrected chi connectivity index (χ4v) is 1.22. The second-order valence-electron chi connectivity index (χ2n) is 3.13. The van der Waals surface area contributed by atoms with Gasteiger partial charge in [0.25, 0.3) is 0 Å². The second-order valence-corrected chi connectivity index (χ2v) is 3.13. The summed E-state index contributed by atoms with van der Waals surface area (Å²) in [6.07, 6.45) is 1.92. The van der Waals surface area contributed by atoms with Crippen molar-refractivity contribution in [3.05, 3.63) is 47.0 Å². The molecule has 0 radical (unpaired) electrons. The highest BCUT2D eigenvalue weighted by atomic mass is 16.1. The molecule has 0 aromatic heterocycles. The SMILES string of the molecule is C/C(=C/C=O)C(=O)c1ccccc1C. The van der Waals surface area contributed by atoms with E-state index in [1.807, 2.05) is 25.1 Å². The molecule has 0 atom stereocenters. The predicted molar refractivity (Wildman–Crippen MR) is 55.3 cm³/mol. The number of benzene rings is 1. The average molecular weight is 188 g/mol. The van der Waals surface area contributed by atoms with Gasteiger partial charge in [-0.1, -0.05) is 24.3 Å². The van der Waals surface area contributed by atoms with Gasteiger partial charge in [0.05, 0.1) is 0 Å². The number of ketones is 1. The van der Waals surface area contributed by atoms with Gasteiger partial charge in [-0.25, -0.2) is 0 Å². The normalized spacial score (nSPS) is 11.1. The van der Waals surface area contributed by atoms with Crippen molar-refractivity contribution in [3.63, 3.8) is 0 Å². The van der Waals surface area contributed by atoms with Crippen LogP contribution in [0.5, 0.6) is 0 Å². The Balaban J connectivity index is 3.07. The van der Waals surface area contributed by atoms with Gasteiger partial charge < -0.3 is 0 Å². The first-order valence-corrected chi connectivity index (χ1v) is 4.39. The molecule has 0 fully saturated rings. The number of carbonyl (C=O) groups excluding carboxylic acids is 2. The maximum atomic E-state index is 11.7. The number of aldehydes is 1. The summed E-state index contributed by atoms with van der Waals surface area (Å²) in [7, 11) is 0. The number of hydrogen-bond donors (Lipinski definition) is 0. The van der Waals surface area contributed by atoms with Gasteiger partial charge in [0.2, 0.25) is 0 Å². The first kappa shape index (κ1) is 10.4. The molecule has 2 heteroatoms. The van der Waals surface area contributed by atoms with Crippen molar-refractivity contribution in [1.29, 1.82) is 0 Å². The van der Waals surface area contributed by atoms with E-state index in [2.05, 4.69) is 0 Å². The van der Waals surface area contributed by atoms with Crippen LogP contribution in [0.2, 0.25) is 0 Å². The molecule has 72 valence electrons. The Morgan fingerprint density at radius 3 is 2.50 bits per heavy atom. The molecule has 0 aliphatic heterocycles. The van der Waals surface area contributed by atoms with Gasteiger partial charge in [-0.05, 0) is 25.5 Å². The van der Waals surface area contributed by atoms with E-state index in [9.17, 15) is 9.59 Å². The standard InChI is InChI=1S/C12H12O2/c1-9-5-3-4-6-11(9)12(14)10(2)7-8-13/h3-8H,1-2H3/b10-7-. The van der Waals surface area contributed by atoms with Crippen LogP contribution < -0.4 is 0 Å². The molecule has 1 aromatic rings. The maximum Gasteiger partial charge on any atom is 0.189 e. The topological polar surface area (TPSA) is 34.1 Å². The lowest BCUT2D eigenvalue weighted by Gasteiger charge is -2.03. The molecule has 0 saturated heterocycles. The number of Topliss-reactive ketones (excluding diaryl/α,β-unsaturated/α-hetero) is 1. The summed E-state index contributed by atoms with van der Waals surface area (Å²) in [6.45, 7) is 3.52. The summed E-state index contributed by atoms with van der Waals surface area (Å²) in [6, 6.07) is 7.33. The molecule has 0 unspecified atom stereocenters. The minimum atomic E-state index is -0.0878. The van der Waals surface area contributed by atoms with E-state index in [0.29, 0.717) is 17.4 Å². The van der Waals surface area contributed by atoms with Crippen LogP contribution in [0.15, 0.2) is 35.9 Å². The molecule has 0 aliphatic rings. The highest BCUT2D eigenvalue weighted by Crippen LogP contribution is 2.12. The first-order valence-electron chi connectivity index (χ1n) is 4.39. The van der Waals surface area contributed by atoms with Crippen LogP contribution >= 0.6 is 0 Å². The van der Waals surface area contributed by atoms with Crippen molar-refractivity contribution >= 4 is 12.1 Å². The number of aryl methyl sites for hydroxylation is 1. The maximum absolute atomic E-state index is 11.7. The summed E-state index contributed by atoms with van der Waals surface area (Å²) in [4.78, 5) is 21.9. The Morgan fingerprint density at radius 2 is 1.93 bits per heavy atom. The van der Waals surface area contributed by atoms with Gasteiger partial charge in [-0.3, -0.25) is 9.59 Å². The lowest BCUT2D eigenvalue weighted by atomic mass is 10.0. The molecular weight excluding hydrogens is 176 g/mol. The van der Waals surface area contributed by atoms with Gasteiger partial charge in [0.1, 0.15) is 6.29 Å². The van der Waals surface area contributed by atoms with E-state index in [0.717, 1.165) is 5.56 Å². The molecule has 0 spiro atoms. The fourth-order valence-electron chi connectivity index (χ4n) is 1.22. The summed E-state index contributed by atoms with van der Waals surface area (Å²) in [5.74, 6) is -0.0878. The van der Waals surface area contributed by atoms with Crippen LogP contribution in [0.1, 0.15) is 22.8 Å². The summed E-state index contributed by atoms with van der Waals surface area (Å²) < 4.78 is 0. The zero-order valence-electron chi connectivity index (χ0n) is 8.28. The zero-order valence-corrected chi connectivity index (χ0v) is 8.28. The first-order chi connectivity index (χ1) is 6.66. The smallest absolute Gasteiger partial charge is 0.189 e. The summed E-state index contributed by atoms with van der Waals surface area (Å²) >= 11 is 0. The minimum absolute atomic E-state index is 0.0878. The Kier molecular flexibility index (Phi) is 3.35. The Labute approximate surface area is 83.3 Å². The van der Waals surface area contributed by atoms with Gasteiger partial charge in [0, 0.05) is 11.1 Å². The van der Waals surface area contributed by atoms with E-state index < -0.39 is 0 Å². The molecule has 0 heterocycles. The van der Waals surface area contributed by atoms with E-state index >= 15 is 0 Å². The third-order valence-corrected chi connectivity index (χ3v) is 2.07. The van der Waals surface area contributed by atoms with Crippen molar-refractivity contribution in [2.75, 3.05) is 0 Å². The number of allylic oxidation sites excluding steroid dienone is 2. The predicted octanol–water partition coefficient (Wildman–Crippen LogP) is 2.32. The van der Waals surface area contributed by atoms with Crippen molar-refractivity contribution in [1.82, 2.24) is 0 Å². The number of rotatable bonds is 3. The average Bonchev–Trinajstić information content (AvgIpc) is 2.18. The van der Waals surface area contributed by atoms with Crippen molar-refractivity contribution in [2.24, 2.45) is 0 Å². The summed E-state index contributed by atoms with van der Waals surface area (Å²) in [5, 5.41) is 0. The Hall–Kier alpha value is -1.70. The fraction of sp³-hybridized carbons (Fsp3) is 0.167. The minimum Gasteiger partial charge on any atom is -0.299 e. The highest BCUT2D eigenvalue weighted by Gasteiger charge is 2.09. The zero-order chi connectivity index (χ0) is 10.6. The van der Waals surface area contributed by atoms with Crippen LogP contribution in [0.3, 0.4) is 0 Å². The molecular formula is C12H12O2. The van der Waals surface area contributed by atoms with E-state index in [1.54, 1.807) is 13.0 Å². The molecule has 0 bridgehead atoms. The Morgan fingerprint density at radius 1 is 1.29 bits per heavy atom. The van der Waals surface area contributed by atoms with Crippen LogP contribution in [0.25, 0.3) is 0 Å². The number of carbonyl (C=O) groups is 2. The van der Waals surface area contributed by atoms with E-state index in [4.69, 9.17) is 0 Å². The van der Waals surface area contributed by atoms with Crippen LogP contribution in [0.4, 0.5) is 0 Å². The molecule has 0 saturated carbocycles. The van der Waals surface area contributed by atoms with Gasteiger partial charge in [-0.2, -0.15) is 0 Å². The van der Waals surface area contributed by atoms with E-state index in [1.165, 1.54) is 6.08 Å². The molecule has 14 heavy (non-hydrogen) atoms. The number of hydrogen-bond acceptors (Lipinski definition) is 2. The van der Waals surface area contributed by atoms with Gasteiger partial charge in [-0.15, -0.1) is 0 Å². The molecule has 1 rings (SSSR count). The van der Waals surface area contributed by atoms with Crippen LogP contribution in [-0.4, -0.2) is 12.1 Å². The molecule has 0 amide bonds. The van der Waals surface area contributed by atoms with Crippen LogP contribution in [0, 0.1) is 6.92 Å². The van der Waals surface area contributed by atoms with Crippen molar-refractivity contribution in [2.45, 2.75) is 13.8 Å². The lowest BCUT2D eigenvalue weighted by Crippen LogP contribution is -2.03. The summed E-state index contributed by atoms with van der Waals surface area (Å²) in [5.41, 5.74) is 2.05. The molecule has 2 nitrogen and oxygen atoms in total. The lowest BCUT2D eigenvalue weighted by molar-refractivity contribution is -0.104. The quantitative estimate of drug-likeness (QED) is 0.414. The monoisotopic (exact) mass is 188 g/mol. The van der Waals surface area contributed by atoms with Crippen molar-refractivity contribution < 1.29 is 9.59 Å². The van der Waals surface area contributed by atoms with Crippen LogP contribution in [-0.2, 0) is 4.79 Å². The molecule has 0 N–H and O–H groups in total. The van der Waals surface area contributed by atoms with Gasteiger partial charge >= 0.3 is 0 Å². The molecule has 0 aliphatic carbocycles. The molecule has 1 aromatic carbocycles. The van der Waals surface area contributed by atoms with Gasteiger partial charge in [0.15, 0.2) is 5.78 Å². The largest absolute Gasteiger partial charge is 0.299 e. The van der Waals surface area contributed by atoms with Crippen molar-refractivity contribution in [3.8, 4) is 0 Å². The third kappa shape index (κ3) is 2.16. The second kappa shape index (κ2) is 4.51.